The molecule has 0 aliphatic heterocycles. The van der Waals surface area contributed by atoms with Crippen LogP contribution in [0.15, 0.2) is 42.6 Å². The fraction of sp³-hybridized carbons (Fsp3) is 0.154. The van der Waals surface area contributed by atoms with Crippen LogP contribution in [0.4, 0.5) is 11.5 Å². The number of rotatable bonds is 2. The van der Waals surface area contributed by atoms with Gasteiger partial charge in [0.05, 0.1) is 10.7 Å². The van der Waals surface area contributed by atoms with E-state index in [9.17, 15) is 0 Å². The summed E-state index contributed by atoms with van der Waals surface area (Å²) in [7, 11) is 1.96. The number of pyridine rings is 1. The predicted octanol–water partition coefficient (Wildman–Crippen LogP) is 3.81. The fourth-order valence-electron chi connectivity index (χ4n) is 1.56. The Morgan fingerprint density at radius 2 is 2.00 bits per heavy atom. The van der Waals surface area contributed by atoms with E-state index in [4.69, 9.17) is 11.6 Å². The molecule has 2 aromatic rings. The molecule has 0 aliphatic carbocycles. The van der Waals surface area contributed by atoms with Crippen molar-refractivity contribution in [2.45, 2.75) is 6.92 Å². The molecule has 0 N–H and O–H groups in total. The molecule has 1 aromatic heterocycles. The van der Waals surface area contributed by atoms with E-state index in [0.29, 0.717) is 0 Å². The number of benzene rings is 1. The standard InChI is InChI=1S/C13H13ClN2/c1-10-6-7-12(11(14)9-10)16(2)13-5-3-4-8-15-13/h3-9H,1-2H3. The lowest BCUT2D eigenvalue weighted by Crippen LogP contribution is -2.11. The van der Waals surface area contributed by atoms with Crippen LogP contribution in [0.1, 0.15) is 5.56 Å². The van der Waals surface area contributed by atoms with Gasteiger partial charge in [0.2, 0.25) is 0 Å². The molecule has 0 amide bonds. The van der Waals surface area contributed by atoms with Crippen molar-refractivity contribution in [3.8, 4) is 0 Å². The summed E-state index contributed by atoms with van der Waals surface area (Å²) >= 11 is 6.20. The zero-order valence-electron chi connectivity index (χ0n) is 9.31. The van der Waals surface area contributed by atoms with Crippen LogP contribution in [0.5, 0.6) is 0 Å². The van der Waals surface area contributed by atoms with Gasteiger partial charge in [-0.2, -0.15) is 0 Å². The molecule has 16 heavy (non-hydrogen) atoms. The minimum Gasteiger partial charge on any atom is -0.328 e. The molecule has 82 valence electrons. The lowest BCUT2D eigenvalue weighted by Gasteiger charge is -2.19. The molecule has 0 saturated carbocycles. The van der Waals surface area contributed by atoms with Crippen molar-refractivity contribution >= 4 is 23.1 Å². The Morgan fingerprint density at radius 1 is 1.19 bits per heavy atom. The Labute approximate surface area is 101 Å². The molecule has 0 fully saturated rings. The third kappa shape index (κ3) is 2.17. The largest absolute Gasteiger partial charge is 0.328 e. The molecule has 3 heteroatoms. The van der Waals surface area contributed by atoms with Gasteiger partial charge in [-0.15, -0.1) is 0 Å². The van der Waals surface area contributed by atoms with E-state index in [2.05, 4.69) is 4.98 Å². The van der Waals surface area contributed by atoms with Crippen LogP contribution in [0.25, 0.3) is 0 Å². The van der Waals surface area contributed by atoms with Crippen LogP contribution < -0.4 is 4.90 Å². The lowest BCUT2D eigenvalue weighted by molar-refractivity contribution is 1.13. The smallest absolute Gasteiger partial charge is 0.132 e. The third-order valence-electron chi connectivity index (χ3n) is 2.46. The van der Waals surface area contributed by atoms with Gasteiger partial charge in [-0.25, -0.2) is 4.98 Å². The highest BCUT2D eigenvalue weighted by atomic mass is 35.5. The minimum atomic E-state index is 0.744. The first-order valence-corrected chi connectivity index (χ1v) is 5.47. The highest BCUT2D eigenvalue weighted by Gasteiger charge is 2.08. The third-order valence-corrected chi connectivity index (χ3v) is 2.76. The Kier molecular flexibility index (Phi) is 3.11. The van der Waals surface area contributed by atoms with Crippen molar-refractivity contribution in [3.05, 3.63) is 53.2 Å². The minimum absolute atomic E-state index is 0.744. The monoisotopic (exact) mass is 232 g/mol. The number of aromatic nitrogens is 1. The Morgan fingerprint density at radius 3 is 2.62 bits per heavy atom. The Balaban J connectivity index is 2.38. The summed E-state index contributed by atoms with van der Waals surface area (Å²) in [5.74, 6) is 0.883. The average Bonchev–Trinajstić information content (AvgIpc) is 2.29. The predicted molar refractivity (Wildman–Crippen MR) is 68.5 cm³/mol. The van der Waals surface area contributed by atoms with Crippen molar-refractivity contribution in [1.29, 1.82) is 0 Å². The molecule has 0 spiro atoms. The molecule has 0 unspecified atom stereocenters. The average molecular weight is 233 g/mol. The summed E-state index contributed by atoms with van der Waals surface area (Å²) in [5.41, 5.74) is 2.12. The van der Waals surface area contributed by atoms with Crippen molar-refractivity contribution < 1.29 is 0 Å². The van der Waals surface area contributed by atoms with Crippen LogP contribution in [0, 0.1) is 6.92 Å². The molecule has 0 bridgehead atoms. The molecule has 2 nitrogen and oxygen atoms in total. The van der Waals surface area contributed by atoms with Gasteiger partial charge in [0.1, 0.15) is 5.82 Å². The quantitative estimate of drug-likeness (QED) is 0.783. The van der Waals surface area contributed by atoms with E-state index >= 15 is 0 Å². The zero-order chi connectivity index (χ0) is 11.5. The summed E-state index contributed by atoms with van der Waals surface area (Å²) in [5, 5.41) is 0.744. The topological polar surface area (TPSA) is 16.1 Å². The first kappa shape index (κ1) is 11.0. The first-order chi connectivity index (χ1) is 7.68. The van der Waals surface area contributed by atoms with Crippen molar-refractivity contribution in [1.82, 2.24) is 4.98 Å². The normalized spacial score (nSPS) is 10.2. The number of hydrogen-bond donors (Lipinski definition) is 0. The Hall–Kier alpha value is -1.54. The van der Waals surface area contributed by atoms with Gasteiger partial charge in [0.25, 0.3) is 0 Å². The summed E-state index contributed by atoms with van der Waals surface area (Å²) in [6.07, 6.45) is 1.77. The lowest BCUT2D eigenvalue weighted by atomic mass is 10.2. The van der Waals surface area contributed by atoms with E-state index in [1.54, 1.807) is 6.20 Å². The SMILES string of the molecule is Cc1ccc(N(C)c2ccccn2)c(Cl)c1. The second-order valence-electron chi connectivity index (χ2n) is 3.70. The van der Waals surface area contributed by atoms with Crippen LogP contribution in [0.3, 0.4) is 0 Å². The first-order valence-electron chi connectivity index (χ1n) is 5.09. The summed E-state index contributed by atoms with van der Waals surface area (Å²) in [6.45, 7) is 2.02. The highest BCUT2D eigenvalue weighted by molar-refractivity contribution is 6.33. The fourth-order valence-corrected chi connectivity index (χ4v) is 1.92. The molecule has 0 radical (unpaired) electrons. The maximum atomic E-state index is 6.20. The van der Waals surface area contributed by atoms with Gasteiger partial charge in [-0.3, -0.25) is 0 Å². The van der Waals surface area contributed by atoms with E-state index in [1.165, 1.54) is 0 Å². The van der Waals surface area contributed by atoms with E-state index in [1.807, 2.05) is 55.3 Å². The van der Waals surface area contributed by atoms with Gasteiger partial charge >= 0.3 is 0 Å². The maximum Gasteiger partial charge on any atom is 0.132 e. The molecule has 0 saturated heterocycles. The molecule has 1 aromatic carbocycles. The molecule has 0 aliphatic rings. The summed E-state index contributed by atoms with van der Waals surface area (Å²) in [4.78, 5) is 6.26. The second-order valence-corrected chi connectivity index (χ2v) is 4.11. The zero-order valence-corrected chi connectivity index (χ0v) is 10.1. The number of anilines is 2. The van der Waals surface area contributed by atoms with Gasteiger partial charge in [-0.05, 0) is 36.8 Å². The summed E-state index contributed by atoms with van der Waals surface area (Å²) < 4.78 is 0. The Bertz CT molecular complexity index is 483. The summed E-state index contributed by atoms with van der Waals surface area (Å²) in [6, 6.07) is 11.8. The molecule has 0 atom stereocenters. The molecule has 1 heterocycles. The van der Waals surface area contributed by atoms with Crippen LogP contribution in [-0.2, 0) is 0 Å². The van der Waals surface area contributed by atoms with Gasteiger partial charge in [-0.1, -0.05) is 23.7 Å². The van der Waals surface area contributed by atoms with Gasteiger partial charge < -0.3 is 4.90 Å². The van der Waals surface area contributed by atoms with E-state index in [-0.39, 0.29) is 0 Å². The number of hydrogen-bond acceptors (Lipinski definition) is 2. The van der Waals surface area contributed by atoms with Crippen molar-refractivity contribution in [3.63, 3.8) is 0 Å². The second kappa shape index (κ2) is 4.54. The van der Waals surface area contributed by atoms with Crippen LogP contribution in [0.2, 0.25) is 5.02 Å². The van der Waals surface area contributed by atoms with E-state index in [0.717, 1.165) is 22.1 Å². The van der Waals surface area contributed by atoms with Crippen LogP contribution in [-0.4, -0.2) is 12.0 Å². The highest BCUT2D eigenvalue weighted by Crippen LogP contribution is 2.29. The van der Waals surface area contributed by atoms with Crippen LogP contribution >= 0.6 is 11.6 Å². The maximum absolute atomic E-state index is 6.20. The van der Waals surface area contributed by atoms with Crippen molar-refractivity contribution in [2.75, 3.05) is 11.9 Å². The number of halogens is 1. The van der Waals surface area contributed by atoms with E-state index < -0.39 is 0 Å². The number of nitrogens with zero attached hydrogens (tertiary/aromatic N) is 2. The number of aryl methyl sites for hydroxylation is 1. The molecule has 2 rings (SSSR count). The van der Waals surface area contributed by atoms with Crippen molar-refractivity contribution in [2.24, 2.45) is 0 Å². The van der Waals surface area contributed by atoms with Gasteiger partial charge in [0.15, 0.2) is 0 Å². The molecular formula is C13H13ClN2. The van der Waals surface area contributed by atoms with Gasteiger partial charge in [0, 0.05) is 13.2 Å². The molecular weight excluding hydrogens is 220 g/mol.